The maximum atomic E-state index is 13.3. The van der Waals surface area contributed by atoms with Crippen molar-refractivity contribution in [3.8, 4) is 0 Å². The van der Waals surface area contributed by atoms with Crippen molar-refractivity contribution in [3.05, 3.63) is 30.0 Å². The van der Waals surface area contributed by atoms with Crippen molar-refractivity contribution in [1.82, 2.24) is 9.97 Å². The highest BCUT2D eigenvalue weighted by atomic mass is 19.2. The van der Waals surface area contributed by atoms with Gasteiger partial charge in [-0.3, -0.25) is 10.1 Å². The van der Waals surface area contributed by atoms with Crippen LogP contribution in [0.2, 0.25) is 0 Å². The van der Waals surface area contributed by atoms with E-state index in [0.717, 1.165) is 31.4 Å². The van der Waals surface area contributed by atoms with Crippen LogP contribution in [0.4, 0.5) is 14.7 Å². The number of hydrogen-bond donors (Lipinski definition) is 2. The first kappa shape index (κ1) is 14.8. The number of nitrogens with two attached hydrogens (primary N) is 1. The largest absolute Gasteiger partial charge is 0.317 e. The van der Waals surface area contributed by atoms with Crippen LogP contribution in [0.1, 0.15) is 32.1 Å². The van der Waals surface area contributed by atoms with Crippen LogP contribution in [0.3, 0.4) is 0 Å². The first-order valence-corrected chi connectivity index (χ1v) is 7.20. The summed E-state index contributed by atoms with van der Waals surface area (Å²) in [7, 11) is 0. The topological polar surface area (TPSA) is 80.9 Å². The summed E-state index contributed by atoms with van der Waals surface area (Å²) < 4.78 is 26.4. The highest BCUT2D eigenvalue weighted by Crippen LogP contribution is 2.27. The molecule has 1 aliphatic rings. The zero-order chi connectivity index (χ0) is 15.7. The Labute approximate surface area is 125 Å². The smallest absolute Gasteiger partial charge is 0.246 e. The van der Waals surface area contributed by atoms with Gasteiger partial charge < -0.3 is 5.73 Å². The van der Waals surface area contributed by atoms with E-state index in [1.165, 1.54) is 6.20 Å². The van der Waals surface area contributed by atoms with Gasteiger partial charge in [0.1, 0.15) is 0 Å². The van der Waals surface area contributed by atoms with Crippen LogP contribution in [0.5, 0.6) is 0 Å². The van der Waals surface area contributed by atoms with Gasteiger partial charge in [0.25, 0.3) is 0 Å². The van der Waals surface area contributed by atoms with Crippen molar-refractivity contribution < 1.29 is 13.6 Å². The molecular weight excluding hydrogens is 290 g/mol. The van der Waals surface area contributed by atoms with Crippen LogP contribution in [0.25, 0.3) is 10.9 Å². The molecule has 3 rings (SSSR count). The number of rotatable bonds is 2. The van der Waals surface area contributed by atoms with Crippen LogP contribution >= 0.6 is 0 Å². The Balaban J connectivity index is 1.84. The fourth-order valence-electron chi connectivity index (χ4n) is 2.72. The van der Waals surface area contributed by atoms with Gasteiger partial charge in [0.05, 0.1) is 11.1 Å². The number of fused-ring (bicyclic) bond motifs is 1. The maximum absolute atomic E-state index is 13.3. The standard InChI is InChI=1S/C15H16F2N4O/c16-10-6-9-8-19-14(20-12(9)7-11(10)17)21-13(22)15(18)4-2-1-3-5-15/h6-8H,1-5,18H2,(H,19,20,21,22). The van der Waals surface area contributed by atoms with Crippen molar-refractivity contribution in [2.45, 2.75) is 37.6 Å². The lowest BCUT2D eigenvalue weighted by Crippen LogP contribution is -2.52. The first-order chi connectivity index (χ1) is 10.5. The Morgan fingerprint density at radius 3 is 2.59 bits per heavy atom. The molecule has 1 aromatic carbocycles. The van der Waals surface area contributed by atoms with Gasteiger partial charge in [0.2, 0.25) is 11.9 Å². The molecule has 1 aromatic heterocycles. The SMILES string of the molecule is NC1(C(=O)Nc2ncc3cc(F)c(F)cc3n2)CCCCC1. The van der Waals surface area contributed by atoms with Gasteiger partial charge in [-0.2, -0.15) is 0 Å². The molecule has 2 aromatic rings. The molecule has 0 unspecified atom stereocenters. The maximum Gasteiger partial charge on any atom is 0.246 e. The molecule has 0 atom stereocenters. The summed E-state index contributed by atoms with van der Waals surface area (Å²) in [6, 6.07) is 1.99. The van der Waals surface area contributed by atoms with Crippen molar-refractivity contribution in [1.29, 1.82) is 0 Å². The Kier molecular flexibility index (Phi) is 3.74. The number of hydrogen-bond acceptors (Lipinski definition) is 4. The lowest BCUT2D eigenvalue weighted by molar-refractivity contribution is -0.122. The van der Waals surface area contributed by atoms with Crippen molar-refractivity contribution in [2.75, 3.05) is 5.32 Å². The average molecular weight is 306 g/mol. The highest BCUT2D eigenvalue weighted by molar-refractivity contribution is 5.97. The molecule has 1 heterocycles. The summed E-state index contributed by atoms with van der Waals surface area (Å²) in [5.41, 5.74) is 5.44. The number of carbonyl (C=O) groups is 1. The fraction of sp³-hybridized carbons (Fsp3) is 0.400. The molecule has 7 heteroatoms. The molecule has 0 radical (unpaired) electrons. The molecule has 1 amide bonds. The van der Waals surface area contributed by atoms with Gasteiger partial charge in [-0.25, -0.2) is 18.7 Å². The number of nitrogens with one attached hydrogen (secondary N) is 1. The van der Waals surface area contributed by atoms with Gasteiger partial charge in [-0.05, 0) is 18.9 Å². The third-order valence-electron chi connectivity index (χ3n) is 4.05. The molecule has 3 N–H and O–H groups in total. The Morgan fingerprint density at radius 2 is 1.86 bits per heavy atom. The minimum Gasteiger partial charge on any atom is -0.317 e. The zero-order valence-corrected chi connectivity index (χ0v) is 11.9. The second-order valence-corrected chi connectivity index (χ2v) is 5.69. The normalized spacial score (nSPS) is 17.4. The summed E-state index contributed by atoms with van der Waals surface area (Å²) in [4.78, 5) is 20.3. The number of amides is 1. The second kappa shape index (κ2) is 5.57. The van der Waals surface area contributed by atoms with Crippen molar-refractivity contribution in [3.63, 3.8) is 0 Å². The Hall–Kier alpha value is -2.15. The Bertz CT molecular complexity index is 729. The van der Waals surface area contributed by atoms with E-state index in [-0.39, 0.29) is 17.4 Å². The van der Waals surface area contributed by atoms with E-state index in [9.17, 15) is 13.6 Å². The first-order valence-electron chi connectivity index (χ1n) is 7.20. The molecular formula is C15H16F2N4O. The lowest BCUT2D eigenvalue weighted by atomic mass is 9.82. The molecule has 5 nitrogen and oxygen atoms in total. The predicted molar refractivity (Wildman–Crippen MR) is 78.1 cm³/mol. The number of nitrogens with zero attached hydrogens (tertiary/aromatic N) is 2. The molecule has 0 spiro atoms. The predicted octanol–water partition coefficient (Wildman–Crippen LogP) is 2.51. The van der Waals surface area contributed by atoms with E-state index in [1.807, 2.05) is 0 Å². The number of benzene rings is 1. The van der Waals surface area contributed by atoms with E-state index in [1.54, 1.807) is 0 Å². The Morgan fingerprint density at radius 1 is 1.18 bits per heavy atom. The lowest BCUT2D eigenvalue weighted by Gasteiger charge is -2.31. The van der Waals surface area contributed by atoms with E-state index in [2.05, 4.69) is 15.3 Å². The van der Waals surface area contributed by atoms with E-state index >= 15 is 0 Å². The number of aromatic nitrogens is 2. The monoisotopic (exact) mass is 306 g/mol. The molecule has 0 saturated heterocycles. The number of carbonyl (C=O) groups excluding carboxylic acids is 1. The number of halogens is 2. The second-order valence-electron chi connectivity index (χ2n) is 5.69. The van der Waals surface area contributed by atoms with Gasteiger partial charge in [-0.1, -0.05) is 19.3 Å². The molecule has 116 valence electrons. The average Bonchev–Trinajstić information content (AvgIpc) is 2.49. The fourth-order valence-corrected chi connectivity index (χ4v) is 2.72. The molecule has 22 heavy (non-hydrogen) atoms. The third kappa shape index (κ3) is 2.76. The van der Waals surface area contributed by atoms with Crippen molar-refractivity contribution >= 4 is 22.8 Å². The summed E-state index contributed by atoms with van der Waals surface area (Å²) in [5.74, 6) is -2.25. The van der Waals surface area contributed by atoms with Crippen LogP contribution < -0.4 is 11.1 Å². The molecule has 0 aliphatic heterocycles. The third-order valence-corrected chi connectivity index (χ3v) is 4.05. The minimum atomic E-state index is -0.994. The van der Waals surface area contributed by atoms with Gasteiger partial charge in [-0.15, -0.1) is 0 Å². The summed E-state index contributed by atoms with van der Waals surface area (Å²) in [5, 5.41) is 2.93. The molecule has 1 fully saturated rings. The van der Waals surface area contributed by atoms with Gasteiger partial charge in [0, 0.05) is 17.6 Å². The molecule has 0 bridgehead atoms. The van der Waals surface area contributed by atoms with Crippen LogP contribution in [0.15, 0.2) is 18.3 Å². The zero-order valence-electron chi connectivity index (χ0n) is 11.9. The van der Waals surface area contributed by atoms with Crippen LogP contribution in [-0.2, 0) is 4.79 Å². The summed E-state index contributed by atoms with van der Waals surface area (Å²) in [6.07, 6.45) is 5.46. The minimum absolute atomic E-state index is 0.0407. The van der Waals surface area contributed by atoms with E-state index in [4.69, 9.17) is 5.73 Å². The van der Waals surface area contributed by atoms with Crippen LogP contribution in [0, 0.1) is 11.6 Å². The quantitative estimate of drug-likeness (QED) is 0.893. The summed E-state index contributed by atoms with van der Waals surface area (Å²) >= 11 is 0. The highest BCUT2D eigenvalue weighted by Gasteiger charge is 2.35. The summed E-state index contributed by atoms with van der Waals surface area (Å²) in [6.45, 7) is 0. The van der Waals surface area contributed by atoms with E-state index in [0.29, 0.717) is 18.2 Å². The molecule has 1 aliphatic carbocycles. The van der Waals surface area contributed by atoms with Crippen LogP contribution in [-0.4, -0.2) is 21.4 Å². The van der Waals surface area contributed by atoms with Gasteiger partial charge >= 0.3 is 0 Å². The number of anilines is 1. The van der Waals surface area contributed by atoms with Gasteiger partial charge in [0.15, 0.2) is 11.6 Å². The van der Waals surface area contributed by atoms with E-state index < -0.39 is 17.2 Å². The van der Waals surface area contributed by atoms with Crippen molar-refractivity contribution in [2.24, 2.45) is 5.73 Å². The molecule has 1 saturated carbocycles.